The van der Waals surface area contributed by atoms with Crippen LogP contribution >= 0.6 is 0 Å². The second kappa shape index (κ2) is 3.99. The third-order valence-electron chi connectivity index (χ3n) is 2.68. The van der Waals surface area contributed by atoms with Crippen LogP contribution in [0.5, 0.6) is 0 Å². The molecule has 0 aromatic carbocycles. The van der Waals surface area contributed by atoms with E-state index in [1.54, 1.807) is 7.05 Å². The molecule has 0 spiro atoms. The minimum Gasteiger partial charge on any atom is -0.379 e. The van der Waals surface area contributed by atoms with Crippen LogP contribution in [0.15, 0.2) is 0 Å². The first-order chi connectivity index (χ1) is 6.52. The van der Waals surface area contributed by atoms with Crippen LogP contribution in [0.3, 0.4) is 0 Å². The molecule has 1 amide bonds. The highest BCUT2D eigenvalue weighted by molar-refractivity contribution is 5.83. The van der Waals surface area contributed by atoms with E-state index in [0.717, 1.165) is 0 Å². The molecule has 4 nitrogen and oxygen atoms in total. The lowest BCUT2D eigenvalue weighted by Crippen LogP contribution is -2.50. The van der Waals surface area contributed by atoms with Gasteiger partial charge in [-0.05, 0) is 6.92 Å². The summed E-state index contributed by atoms with van der Waals surface area (Å²) in [6, 6.07) is -0.241. The number of terminal acetylenes is 1. The zero-order valence-corrected chi connectivity index (χ0v) is 8.62. The van der Waals surface area contributed by atoms with Gasteiger partial charge in [-0.2, -0.15) is 0 Å². The normalized spacial score (nSPS) is 31.1. The standard InChI is InChI=1S/C10H16N2O2/c1-4-5-12(3)9(13)10(2)7-14-6-8(10)11/h1,8H,5-7,11H2,2-3H3. The summed E-state index contributed by atoms with van der Waals surface area (Å²) in [5, 5.41) is 0. The summed E-state index contributed by atoms with van der Waals surface area (Å²) in [5.41, 5.74) is 5.20. The number of amides is 1. The Morgan fingerprint density at radius 3 is 2.93 bits per heavy atom. The van der Waals surface area contributed by atoms with Crippen molar-refractivity contribution in [3.8, 4) is 12.3 Å². The highest BCUT2D eigenvalue weighted by Crippen LogP contribution is 2.28. The number of rotatable bonds is 2. The first-order valence-electron chi connectivity index (χ1n) is 4.54. The van der Waals surface area contributed by atoms with Gasteiger partial charge in [0, 0.05) is 13.1 Å². The van der Waals surface area contributed by atoms with Gasteiger partial charge in [0.15, 0.2) is 0 Å². The van der Waals surface area contributed by atoms with Gasteiger partial charge in [-0.15, -0.1) is 6.42 Å². The molecule has 1 heterocycles. The predicted octanol–water partition coefficient (Wildman–Crippen LogP) is -0.558. The van der Waals surface area contributed by atoms with E-state index < -0.39 is 5.41 Å². The van der Waals surface area contributed by atoms with Crippen LogP contribution in [-0.2, 0) is 9.53 Å². The fourth-order valence-corrected chi connectivity index (χ4v) is 1.55. The second-order valence-electron chi connectivity index (χ2n) is 3.90. The molecule has 2 N–H and O–H groups in total. The molecule has 1 rings (SSSR count). The summed E-state index contributed by atoms with van der Waals surface area (Å²) >= 11 is 0. The number of nitrogens with zero attached hydrogens (tertiary/aromatic N) is 1. The minimum absolute atomic E-state index is 0.0412. The molecule has 0 aromatic rings. The number of nitrogens with two attached hydrogens (primary N) is 1. The summed E-state index contributed by atoms with van der Waals surface area (Å²) in [4.78, 5) is 13.4. The van der Waals surface area contributed by atoms with Crippen molar-refractivity contribution in [3.05, 3.63) is 0 Å². The number of hydrogen-bond donors (Lipinski definition) is 1. The summed E-state index contributed by atoms with van der Waals surface area (Å²) in [6.07, 6.45) is 5.14. The van der Waals surface area contributed by atoms with Gasteiger partial charge in [-0.3, -0.25) is 4.79 Å². The number of ether oxygens (including phenoxy) is 1. The zero-order valence-electron chi connectivity index (χ0n) is 8.62. The van der Waals surface area contributed by atoms with E-state index in [2.05, 4.69) is 5.92 Å². The molecule has 1 saturated heterocycles. The van der Waals surface area contributed by atoms with Crippen LogP contribution in [0.25, 0.3) is 0 Å². The topological polar surface area (TPSA) is 55.6 Å². The van der Waals surface area contributed by atoms with Crippen molar-refractivity contribution in [3.63, 3.8) is 0 Å². The Labute approximate surface area is 84.4 Å². The zero-order chi connectivity index (χ0) is 10.8. The van der Waals surface area contributed by atoms with Crippen LogP contribution < -0.4 is 5.73 Å². The van der Waals surface area contributed by atoms with Gasteiger partial charge in [0.25, 0.3) is 0 Å². The summed E-state index contributed by atoms with van der Waals surface area (Å²) in [5.74, 6) is 2.39. The van der Waals surface area contributed by atoms with Crippen molar-refractivity contribution in [1.82, 2.24) is 4.90 Å². The number of hydrogen-bond acceptors (Lipinski definition) is 3. The Balaban J connectivity index is 2.73. The largest absolute Gasteiger partial charge is 0.379 e. The van der Waals surface area contributed by atoms with Gasteiger partial charge >= 0.3 is 0 Å². The van der Waals surface area contributed by atoms with Gasteiger partial charge in [0.2, 0.25) is 5.91 Å². The van der Waals surface area contributed by atoms with E-state index in [0.29, 0.717) is 19.8 Å². The molecule has 2 unspecified atom stereocenters. The quantitative estimate of drug-likeness (QED) is 0.602. The Morgan fingerprint density at radius 1 is 1.86 bits per heavy atom. The van der Waals surface area contributed by atoms with Crippen LogP contribution in [0.2, 0.25) is 0 Å². The fourth-order valence-electron chi connectivity index (χ4n) is 1.55. The van der Waals surface area contributed by atoms with E-state index in [1.165, 1.54) is 4.90 Å². The molecular weight excluding hydrogens is 180 g/mol. The molecule has 0 aromatic heterocycles. The third-order valence-corrected chi connectivity index (χ3v) is 2.68. The first-order valence-corrected chi connectivity index (χ1v) is 4.54. The lowest BCUT2D eigenvalue weighted by Gasteiger charge is -2.29. The SMILES string of the molecule is C#CCN(C)C(=O)C1(C)COCC1N. The molecule has 0 saturated carbocycles. The van der Waals surface area contributed by atoms with Crippen molar-refractivity contribution < 1.29 is 9.53 Å². The number of carbonyl (C=O) groups is 1. The van der Waals surface area contributed by atoms with Gasteiger partial charge in [0.1, 0.15) is 0 Å². The van der Waals surface area contributed by atoms with Crippen LogP contribution in [0, 0.1) is 17.8 Å². The van der Waals surface area contributed by atoms with Crippen molar-refractivity contribution in [2.75, 3.05) is 26.8 Å². The van der Waals surface area contributed by atoms with E-state index in [9.17, 15) is 4.79 Å². The Morgan fingerprint density at radius 2 is 2.50 bits per heavy atom. The third kappa shape index (κ3) is 1.74. The van der Waals surface area contributed by atoms with Crippen molar-refractivity contribution in [2.45, 2.75) is 13.0 Å². The minimum atomic E-state index is -0.619. The molecular formula is C10H16N2O2. The maximum absolute atomic E-state index is 11.9. The predicted molar refractivity (Wildman–Crippen MR) is 53.4 cm³/mol. The maximum Gasteiger partial charge on any atom is 0.233 e. The molecule has 0 bridgehead atoms. The Hall–Kier alpha value is -1.05. The van der Waals surface area contributed by atoms with Gasteiger partial charge in [0.05, 0.1) is 25.2 Å². The van der Waals surface area contributed by atoms with Crippen LogP contribution in [-0.4, -0.2) is 43.7 Å². The highest BCUT2D eigenvalue weighted by Gasteiger charge is 2.45. The smallest absolute Gasteiger partial charge is 0.233 e. The molecule has 1 aliphatic heterocycles. The summed E-state index contributed by atoms with van der Waals surface area (Å²) < 4.78 is 5.20. The molecule has 0 aliphatic carbocycles. The van der Waals surface area contributed by atoms with Crippen molar-refractivity contribution in [1.29, 1.82) is 0 Å². The Bertz CT molecular complexity index is 272. The van der Waals surface area contributed by atoms with Crippen molar-refractivity contribution >= 4 is 5.91 Å². The first kappa shape index (κ1) is 11.0. The fraction of sp³-hybridized carbons (Fsp3) is 0.700. The van der Waals surface area contributed by atoms with E-state index >= 15 is 0 Å². The van der Waals surface area contributed by atoms with Gasteiger partial charge in [-0.1, -0.05) is 5.92 Å². The van der Waals surface area contributed by atoms with Crippen LogP contribution in [0.4, 0.5) is 0 Å². The van der Waals surface area contributed by atoms with E-state index in [1.807, 2.05) is 6.92 Å². The molecule has 14 heavy (non-hydrogen) atoms. The average molecular weight is 196 g/mol. The van der Waals surface area contributed by atoms with Gasteiger partial charge < -0.3 is 15.4 Å². The van der Waals surface area contributed by atoms with E-state index in [-0.39, 0.29) is 11.9 Å². The summed E-state index contributed by atoms with van der Waals surface area (Å²) in [7, 11) is 1.68. The van der Waals surface area contributed by atoms with Gasteiger partial charge in [-0.25, -0.2) is 0 Å². The molecule has 4 heteroatoms. The highest BCUT2D eigenvalue weighted by atomic mass is 16.5. The van der Waals surface area contributed by atoms with Crippen molar-refractivity contribution in [2.24, 2.45) is 11.1 Å². The lowest BCUT2D eigenvalue weighted by atomic mass is 9.84. The number of carbonyl (C=O) groups excluding carboxylic acids is 1. The monoisotopic (exact) mass is 196 g/mol. The van der Waals surface area contributed by atoms with E-state index in [4.69, 9.17) is 16.9 Å². The lowest BCUT2D eigenvalue weighted by molar-refractivity contribution is -0.139. The van der Waals surface area contributed by atoms with Crippen LogP contribution in [0.1, 0.15) is 6.92 Å². The Kier molecular flexibility index (Phi) is 3.14. The molecule has 1 aliphatic rings. The maximum atomic E-state index is 11.9. The molecule has 1 fully saturated rings. The molecule has 2 atom stereocenters. The average Bonchev–Trinajstić information content (AvgIpc) is 2.47. The summed E-state index contributed by atoms with van der Waals surface area (Å²) in [6.45, 7) is 2.94. The molecule has 78 valence electrons. The second-order valence-corrected chi connectivity index (χ2v) is 3.90. The molecule has 0 radical (unpaired) electrons.